The smallest absolute Gasteiger partial charge is 0.328 e. The zero-order valence-corrected chi connectivity index (χ0v) is 18.8. The van der Waals surface area contributed by atoms with Crippen molar-refractivity contribution < 1.29 is 19.1 Å². The van der Waals surface area contributed by atoms with Crippen LogP contribution in [-0.2, 0) is 16.1 Å². The lowest BCUT2D eigenvalue weighted by Gasteiger charge is -2.19. The molecule has 4 rings (SSSR count). The van der Waals surface area contributed by atoms with Crippen LogP contribution in [0.1, 0.15) is 38.2 Å². The van der Waals surface area contributed by atoms with Gasteiger partial charge < -0.3 is 9.47 Å². The number of rotatable bonds is 6. The van der Waals surface area contributed by atoms with Crippen LogP contribution in [0.3, 0.4) is 0 Å². The second kappa shape index (κ2) is 8.78. The highest BCUT2D eigenvalue weighted by Gasteiger charge is 2.20. The topological polar surface area (TPSA) is 109 Å². The number of ether oxygens (including phenoxy) is 2. The second-order valence-electron chi connectivity index (χ2n) is 8.42. The number of nitrogens with zero attached hydrogens (tertiary/aromatic N) is 5. The van der Waals surface area contributed by atoms with Gasteiger partial charge in [0.25, 0.3) is 0 Å². The summed E-state index contributed by atoms with van der Waals surface area (Å²) < 4.78 is 12.5. The van der Waals surface area contributed by atoms with Crippen LogP contribution >= 0.6 is 0 Å². The number of pyridine rings is 1. The van der Waals surface area contributed by atoms with Crippen LogP contribution in [0.15, 0.2) is 55.1 Å². The summed E-state index contributed by atoms with van der Waals surface area (Å²) in [6, 6.07) is 9.15. The van der Waals surface area contributed by atoms with E-state index < -0.39 is 11.6 Å². The third-order valence-electron chi connectivity index (χ3n) is 4.60. The Morgan fingerprint density at radius 2 is 1.70 bits per heavy atom. The normalized spacial score (nSPS) is 11.4. The summed E-state index contributed by atoms with van der Waals surface area (Å²) in [6.45, 7) is 6.75. The quantitative estimate of drug-likeness (QED) is 0.320. The molecule has 0 aliphatic carbocycles. The van der Waals surface area contributed by atoms with E-state index in [4.69, 9.17) is 9.47 Å². The van der Waals surface area contributed by atoms with Gasteiger partial charge in [0.15, 0.2) is 5.78 Å². The number of carbonyl (C=O) groups is 2. The van der Waals surface area contributed by atoms with Crippen molar-refractivity contribution in [1.82, 2.24) is 24.7 Å². The van der Waals surface area contributed by atoms with Crippen LogP contribution in [0.2, 0.25) is 0 Å². The van der Waals surface area contributed by atoms with Crippen LogP contribution in [0.4, 0.5) is 0 Å². The average molecular weight is 445 g/mol. The second-order valence-corrected chi connectivity index (χ2v) is 8.42. The number of Topliss-reactive ketones (excluding diaryl/α,β-unsaturated/α-hetero) is 1. The molecule has 3 aromatic heterocycles. The number of fused-ring (bicyclic) bond motifs is 1. The molecule has 0 aliphatic heterocycles. The van der Waals surface area contributed by atoms with Crippen molar-refractivity contribution in [2.75, 3.05) is 0 Å². The van der Waals surface area contributed by atoms with E-state index in [1.54, 1.807) is 57.7 Å². The van der Waals surface area contributed by atoms with Crippen LogP contribution in [0, 0.1) is 0 Å². The minimum atomic E-state index is -0.607. The lowest BCUT2D eigenvalue weighted by molar-refractivity contribution is -0.155. The summed E-state index contributed by atoms with van der Waals surface area (Å²) in [7, 11) is 0. The molecule has 0 aliphatic rings. The number of ketones is 1. The van der Waals surface area contributed by atoms with Gasteiger partial charge in [-0.25, -0.2) is 9.97 Å². The van der Waals surface area contributed by atoms with E-state index >= 15 is 0 Å². The van der Waals surface area contributed by atoms with Gasteiger partial charge in [0.1, 0.15) is 23.6 Å². The first kappa shape index (κ1) is 22.1. The summed E-state index contributed by atoms with van der Waals surface area (Å²) in [6.07, 6.45) is 6.52. The molecule has 33 heavy (non-hydrogen) atoms. The van der Waals surface area contributed by atoms with E-state index in [1.807, 2.05) is 18.2 Å². The van der Waals surface area contributed by atoms with Crippen molar-refractivity contribution in [2.24, 2.45) is 0 Å². The molecule has 0 atom stereocenters. The molecular formula is C24H23N5O4. The zero-order valence-electron chi connectivity index (χ0n) is 18.8. The monoisotopic (exact) mass is 445 g/mol. The molecule has 0 amide bonds. The van der Waals surface area contributed by atoms with E-state index in [-0.39, 0.29) is 24.0 Å². The summed E-state index contributed by atoms with van der Waals surface area (Å²) in [5, 5.41) is 5.00. The molecule has 0 spiro atoms. The Kier molecular flexibility index (Phi) is 5.87. The van der Waals surface area contributed by atoms with Crippen molar-refractivity contribution >= 4 is 22.7 Å². The minimum Gasteiger partial charge on any atom is -0.459 e. The Labute approximate surface area is 190 Å². The summed E-state index contributed by atoms with van der Waals surface area (Å²) in [5.41, 5.74) is 1.89. The third kappa shape index (κ3) is 5.20. The standard InChI is InChI=1S/C24H23N5O4/c1-15(30)22-19-11-16(5-6-20(19)29(28-22)14-21(31)33-24(2,3)4)17-12-26-23(27-13-17)32-18-7-9-25-10-8-18/h5-13H,14H2,1-4H3. The van der Waals surface area contributed by atoms with Crippen molar-refractivity contribution in [3.63, 3.8) is 0 Å². The predicted octanol–water partition coefficient (Wildman–Crippen LogP) is 4.22. The van der Waals surface area contributed by atoms with Crippen LogP contribution in [0.25, 0.3) is 22.0 Å². The Balaban J connectivity index is 1.62. The largest absolute Gasteiger partial charge is 0.459 e. The molecule has 3 heterocycles. The van der Waals surface area contributed by atoms with Crippen LogP contribution in [0.5, 0.6) is 11.8 Å². The van der Waals surface area contributed by atoms with Gasteiger partial charge in [-0.1, -0.05) is 6.07 Å². The number of benzene rings is 1. The van der Waals surface area contributed by atoms with Gasteiger partial charge in [0.2, 0.25) is 0 Å². The van der Waals surface area contributed by atoms with E-state index in [0.717, 1.165) is 11.1 Å². The van der Waals surface area contributed by atoms with E-state index in [9.17, 15) is 9.59 Å². The fourth-order valence-corrected chi connectivity index (χ4v) is 3.27. The molecule has 0 saturated heterocycles. The van der Waals surface area contributed by atoms with Crippen LogP contribution in [-0.4, -0.2) is 42.1 Å². The summed E-state index contributed by atoms with van der Waals surface area (Å²) in [5.74, 6) is -0.0376. The van der Waals surface area contributed by atoms with E-state index in [2.05, 4.69) is 20.1 Å². The SMILES string of the molecule is CC(=O)c1nn(CC(=O)OC(C)(C)C)c2ccc(-c3cnc(Oc4ccncc4)nc3)cc12. The highest BCUT2D eigenvalue weighted by Crippen LogP contribution is 2.27. The van der Waals surface area contributed by atoms with Gasteiger partial charge in [-0.3, -0.25) is 19.3 Å². The van der Waals surface area contributed by atoms with Crippen molar-refractivity contribution in [2.45, 2.75) is 39.8 Å². The highest BCUT2D eigenvalue weighted by molar-refractivity contribution is 6.06. The van der Waals surface area contributed by atoms with E-state index in [0.29, 0.717) is 16.7 Å². The van der Waals surface area contributed by atoms with Gasteiger partial charge >= 0.3 is 12.0 Å². The Morgan fingerprint density at radius 3 is 2.33 bits per heavy atom. The van der Waals surface area contributed by atoms with Crippen molar-refractivity contribution in [3.8, 4) is 22.9 Å². The Morgan fingerprint density at radius 1 is 1.00 bits per heavy atom. The molecule has 168 valence electrons. The maximum Gasteiger partial charge on any atom is 0.328 e. The first-order valence-corrected chi connectivity index (χ1v) is 10.3. The molecule has 1 aromatic carbocycles. The minimum absolute atomic E-state index is 0.0927. The van der Waals surface area contributed by atoms with Crippen molar-refractivity contribution in [3.05, 3.63) is 60.8 Å². The lowest BCUT2D eigenvalue weighted by Crippen LogP contribution is -2.26. The van der Waals surface area contributed by atoms with Gasteiger partial charge in [-0.15, -0.1) is 0 Å². The van der Waals surface area contributed by atoms with Gasteiger partial charge in [0.05, 0.1) is 5.52 Å². The zero-order chi connectivity index (χ0) is 23.6. The highest BCUT2D eigenvalue weighted by atomic mass is 16.6. The molecule has 0 fully saturated rings. The molecule has 0 unspecified atom stereocenters. The first-order chi connectivity index (χ1) is 15.7. The van der Waals surface area contributed by atoms with Gasteiger partial charge in [-0.05, 0) is 50.6 Å². The maximum absolute atomic E-state index is 12.3. The Bertz CT molecular complexity index is 1310. The fourth-order valence-electron chi connectivity index (χ4n) is 3.27. The molecule has 9 heteroatoms. The lowest BCUT2D eigenvalue weighted by atomic mass is 10.0. The molecular weight excluding hydrogens is 422 g/mol. The molecule has 0 bridgehead atoms. The third-order valence-corrected chi connectivity index (χ3v) is 4.60. The number of hydrogen-bond donors (Lipinski definition) is 0. The van der Waals surface area contributed by atoms with Crippen LogP contribution < -0.4 is 4.74 Å². The molecule has 4 aromatic rings. The first-order valence-electron chi connectivity index (χ1n) is 10.3. The number of esters is 1. The fraction of sp³-hybridized carbons (Fsp3) is 0.250. The molecule has 9 nitrogen and oxygen atoms in total. The molecule has 0 N–H and O–H groups in total. The number of aromatic nitrogens is 5. The maximum atomic E-state index is 12.3. The molecule has 0 radical (unpaired) electrons. The summed E-state index contributed by atoms with van der Waals surface area (Å²) >= 11 is 0. The average Bonchev–Trinajstić information content (AvgIpc) is 3.11. The Hall–Kier alpha value is -4.14. The van der Waals surface area contributed by atoms with Gasteiger partial charge in [-0.2, -0.15) is 5.10 Å². The van der Waals surface area contributed by atoms with Gasteiger partial charge in [0, 0.05) is 42.7 Å². The van der Waals surface area contributed by atoms with Crippen molar-refractivity contribution in [1.29, 1.82) is 0 Å². The summed E-state index contributed by atoms with van der Waals surface area (Å²) in [4.78, 5) is 37.0. The van der Waals surface area contributed by atoms with E-state index in [1.165, 1.54) is 11.6 Å². The number of carbonyl (C=O) groups excluding carboxylic acids is 2. The number of hydrogen-bond acceptors (Lipinski definition) is 8. The molecule has 0 saturated carbocycles. The predicted molar refractivity (Wildman–Crippen MR) is 121 cm³/mol.